The molecule has 13 nitrogen and oxygen atoms in total. The molecule has 0 aliphatic carbocycles. The number of rotatable bonds is 9. The molecule has 2 atom stereocenters. The number of hydrogen-bond donors (Lipinski definition) is 3. The highest BCUT2D eigenvalue weighted by molar-refractivity contribution is 7.99. The number of aromatic nitrogens is 5. The summed E-state index contributed by atoms with van der Waals surface area (Å²) in [5.74, 6) is -1.18. The molecule has 1 aliphatic heterocycles. The van der Waals surface area contributed by atoms with Crippen LogP contribution >= 0.6 is 34.7 Å². The monoisotopic (exact) mass is 473 g/mol. The highest BCUT2D eigenvalue weighted by atomic mass is 35.5. The van der Waals surface area contributed by atoms with Crippen LogP contribution in [0.1, 0.15) is 5.69 Å². The standard InChI is InChI=1S/C14H16ClN9O4S2/c1-24-14(20-22-23-24)30-5-6-9(11(26)16-6)19-12(27)10(21-28-2)7-4-29-13(17-7)18-8(25)3-15/h4,6,9H,3,5H2,1-2H3,(H,16,26)(H,19,27)(H,17,18,25)/b21-10-/t6-,9+/m0/s1. The molecule has 0 unspecified atom stereocenters. The Morgan fingerprint density at radius 3 is 2.93 bits per heavy atom. The predicted molar refractivity (Wildman–Crippen MR) is 108 cm³/mol. The van der Waals surface area contributed by atoms with E-state index in [0.717, 1.165) is 11.3 Å². The number of halogens is 1. The minimum absolute atomic E-state index is 0.135. The predicted octanol–water partition coefficient (Wildman–Crippen LogP) is -1.03. The Morgan fingerprint density at radius 2 is 2.30 bits per heavy atom. The van der Waals surface area contributed by atoms with Gasteiger partial charge in [-0.3, -0.25) is 14.4 Å². The summed E-state index contributed by atoms with van der Waals surface area (Å²) in [6, 6.07) is -1.08. The van der Waals surface area contributed by atoms with Gasteiger partial charge in [0.2, 0.25) is 17.0 Å². The smallest absolute Gasteiger partial charge is 0.276 e. The van der Waals surface area contributed by atoms with Crippen LogP contribution in [0.15, 0.2) is 15.7 Å². The van der Waals surface area contributed by atoms with Crippen LogP contribution in [0.2, 0.25) is 0 Å². The van der Waals surface area contributed by atoms with Crippen LogP contribution < -0.4 is 16.0 Å². The third-order valence-corrected chi connectivity index (χ3v) is 5.91. The van der Waals surface area contributed by atoms with E-state index in [1.807, 2.05) is 0 Å². The molecular formula is C14H16ClN9O4S2. The lowest BCUT2D eigenvalue weighted by Crippen LogP contribution is -2.70. The zero-order chi connectivity index (χ0) is 21.7. The molecule has 1 aliphatic rings. The molecule has 0 bridgehead atoms. The Balaban J connectivity index is 1.64. The molecule has 0 radical (unpaired) electrons. The van der Waals surface area contributed by atoms with Gasteiger partial charge in [-0.1, -0.05) is 16.9 Å². The number of aryl methyl sites for hydroxylation is 1. The zero-order valence-electron chi connectivity index (χ0n) is 15.7. The zero-order valence-corrected chi connectivity index (χ0v) is 18.0. The molecule has 0 aromatic carbocycles. The fourth-order valence-corrected chi connectivity index (χ4v) is 4.05. The molecule has 0 spiro atoms. The highest BCUT2D eigenvalue weighted by Gasteiger charge is 2.41. The van der Waals surface area contributed by atoms with E-state index in [9.17, 15) is 14.4 Å². The van der Waals surface area contributed by atoms with Crippen molar-refractivity contribution in [2.24, 2.45) is 12.2 Å². The minimum Gasteiger partial charge on any atom is -0.398 e. The number of thiazole rings is 1. The Bertz CT molecular complexity index is 978. The number of anilines is 1. The van der Waals surface area contributed by atoms with Gasteiger partial charge in [0.05, 0.1) is 6.04 Å². The van der Waals surface area contributed by atoms with Crippen molar-refractivity contribution < 1.29 is 19.2 Å². The first-order valence-electron chi connectivity index (χ1n) is 8.32. The van der Waals surface area contributed by atoms with Crippen LogP contribution in [-0.4, -0.2) is 79.5 Å². The van der Waals surface area contributed by atoms with Crippen molar-refractivity contribution in [3.63, 3.8) is 0 Å². The van der Waals surface area contributed by atoms with Crippen LogP contribution in [0.3, 0.4) is 0 Å². The fraction of sp³-hybridized carbons (Fsp3) is 0.429. The summed E-state index contributed by atoms with van der Waals surface area (Å²) < 4.78 is 1.50. The second-order valence-electron chi connectivity index (χ2n) is 5.80. The van der Waals surface area contributed by atoms with Crippen molar-refractivity contribution in [1.29, 1.82) is 0 Å². The normalized spacial score (nSPS) is 18.4. The number of alkyl halides is 1. The van der Waals surface area contributed by atoms with Crippen LogP contribution in [-0.2, 0) is 26.3 Å². The van der Waals surface area contributed by atoms with Crippen molar-refractivity contribution in [2.45, 2.75) is 17.2 Å². The van der Waals surface area contributed by atoms with Gasteiger partial charge in [-0.15, -0.1) is 28.0 Å². The lowest BCUT2D eigenvalue weighted by Gasteiger charge is -2.36. The Kier molecular flexibility index (Phi) is 7.17. The van der Waals surface area contributed by atoms with Crippen LogP contribution in [0, 0.1) is 0 Å². The number of carbonyl (C=O) groups excluding carboxylic acids is 3. The number of β-lactam (4-membered cyclic amide) rings is 1. The molecule has 2 aromatic heterocycles. The number of thioether (sulfide) groups is 1. The molecule has 1 saturated heterocycles. The number of oxime groups is 1. The van der Waals surface area contributed by atoms with Crippen molar-refractivity contribution in [3.8, 4) is 0 Å². The number of nitrogens with one attached hydrogen (secondary N) is 3. The first-order chi connectivity index (χ1) is 14.4. The summed E-state index contributed by atoms with van der Waals surface area (Å²) in [5.41, 5.74) is 0.0452. The van der Waals surface area contributed by atoms with Crippen LogP contribution in [0.5, 0.6) is 0 Å². The second kappa shape index (κ2) is 9.82. The number of carbonyl (C=O) groups is 3. The summed E-state index contributed by atoms with van der Waals surface area (Å²) in [6.07, 6.45) is 0. The van der Waals surface area contributed by atoms with Gasteiger partial charge in [0.25, 0.3) is 5.91 Å². The summed E-state index contributed by atoms with van der Waals surface area (Å²) >= 11 is 7.88. The van der Waals surface area contributed by atoms with E-state index in [0.29, 0.717) is 10.9 Å². The maximum atomic E-state index is 12.7. The van der Waals surface area contributed by atoms with Gasteiger partial charge in [-0.2, -0.15) is 0 Å². The topological polar surface area (TPSA) is 165 Å². The van der Waals surface area contributed by atoms with E-state index >= 15 is 0 Å². The van der Waals surface area contributed by atoms with Gasteiger partial charge in [-0.25, -0.2) is 9.67 Å². The minimum atomic E-state index is -0.762. The number of amides is 3. The Labute approximate surface area is 182 Å². The third kappa shape index (κ3) is 5.03. The van der Waals surface area contributed by atoms with Crippen molar-refractivity contribution in [3.05, 3.63) is 11.1 Å². The summed E-state index contributed by atoms with van der Waals surface area (Å²) in [7, 11) is 2.98. The van der Waals surface area contributed by atoms with E-state index in [4.69, 9.17) is 16.4 Å². The number of nitrogens with zero attached hydrogens (tertiary/aromatic N) is 6. The van der Waals surface area contributed by atoms with Crippen molar-refractivity contribution in [1.82, 2.24) is 35.8 Å². The molecule has 2 aromatic rings. The molecule has 16 heteroatoms. The molecule has 160 valence electrons. The largest absolute Gasteiger partial charge is 0.398 e. The maximum Gasteiger partial charge on any atom is 0.276 e. The molecule has 3 heterocycles. The van der Waals surface area contributed by atoms with Crippen LogP contribution in [0.4, 0.5) is 5.13 Å². The van der Waals surface area contributed by atoms with E-state index in [2.05, 4.69) is 41.6 Å². The second-order valence-corrected chi connectivity index (χ2v) is 7.92. The number of tetrazole rings is 1. The lowest BCUT2D eigenvalue weighted by atomic mass is 10.0. The van der Waals surface area contributed by atoms with Crippen molar-refractivity contribution in [2.75, 3.05) is 24.1 Å². The number of hydrogen-bond acceptors (Lipinski definition) is 11. The lowest BCUT2D eigenvalue weighted by molar-refractivity contribution is -0.134. The molecule has 30 heavy (non-hydrogen) atoms. The van der Waals surface area contributed by atoms with Gasteiger partial charge in [0.1, 0.15) is 24.7 Å². The highest BCUT2D eigenvalue weighted by Crippen LogP contribution is 2.20. The van der Waals surface area contributed by atoms with Crippen molar-refractivity contribution >= 4 is 63.3 Å². The summed E-state index contributed by atoms with van der Waals surface area (Å²) in [6.45, 7) is 0. The summed E-state index contributed by atoms with van der Waals surface area (Å²) in [4.78, 5) is 44.9. The molecule has 0 saturated carbocycles. The van der Waals surface area contributed by atoms with Gasteiger partial charge >= 0.3 is 0 Å². The molecule has 3 N–H and O–H groups in total. The fourth-order valence-electron chi connectivity index (χ4n) is 2.35. The maximum absolute atomic E-state index is 12.7. The molecule has 3 amide bonds. The quantitative estimate of drug-likeness (QED) is 0.136. The Hall–Kier alpha value is -2.78. The average molecular weight is 474 g/mol. The van der Waals surface area contributed by atoms with E-state index in [1.165, 1.54) is 28.9 Å². The van der Waals surface area contributed by atoms with Gasteiger partial charge < -0.3 is 20.8 Å². The molecular weight excluding hydrogens is 458 g/mol. The molecule has 3 rings (SSSR count). The van der Waals surface area contributed by atoms with E-state index < -0.39 is 17.9 Å². The Morgan fingerprint density at radius 1 is 1.50 bits per heavy atom. The van der Waals surface area contributed by atoms with Gasteiger partial charge in [0.15, 0.2) is 10.8 Å². The van der Waals surface area contributed by atoms with E-state index in [1.54, 1.807) is 7.05 Å². The molecule has 1 fully saturated rings. The van der Waals surface area contributed by atoms with Gasteiger partial charge in [0, 0.05) is 18.2 Å². The van der Waals surface area contributed by atoms with E-state index in [-0.39, 0.29) is 34.4 Å². The van der Waals surface area contributed by atoms with Crippen LogP contribution in [0.25, 0.3) is 0 Å². The average Bonchev–Trinajstić information content (AvgIpc) is 3.35. The SMILES string of the molecule is CO/N=C(\C(=O)N[C@H]1C(=O)N[C@H]1CSc1nnnn1C)c1csc(NC(=O)CCl)n1. The summed E-state index contributed by atoms with van der Waals surface area (Å²) in [5, 5.41) is 25.0. The van der Waals surface area contributed by atoms with Gasteiger partial charge in [-0.05, 0) is 10.4 Å². The third-order valence-electron chi connectivity index (χ3n) is 3.78. The first kappa shape index (κ1) is 21.9. The first-order valence-corrected chi connectivity index (χ1v) is 10.7.